The van der Waals surface area contributed by atoms with Crippen molar-refractivity contribution in [3.63, 3.8) is 0 Å². The smallest absolute Gasteiger partial charge is 0.0628 e. The number of ether oxygens (including phenoxy) is 1. The fourth-order valence-corrected chi connectivity index (χ4v) is 3.43. The summed E-state index contributed by atoms with van der Waals surface area (Å²) in [6, 6.07) is 0.605. The number of aliphatic hydroxyl groups is 1. The number of nitrogens with zero attached hydrogens (tertiary/aromatic N) is 1. The molecule has 0 saturated heterocycles. The molecule has 20 heavy (non-hydrogen) atoms. The molecule has 2 saturated carbocycles. The summed E-state index contributed by atoms with van der Waals surface area (Å²) < 4.78 is 5.28. The number of nitrogens with one attached hydrogen (secondary N) is 1. The first-order valence-electron chi connectivity index (χ1n) is 8.25. The summed E-state index contributed by atoms with van der Waals surface area (Å²) in [4.78, 5) is 2.54. The van der Waals surface area contributed by atoms with Crippen molar-refractivity contribution >= 4 is 0 Å². The number of hydrogen-bond acceptors (Lipinski definition) is 4. The largest absolute Gasteiger partial charge is 0.394 e. The minimum atomic E-state index is -0.106. The molecule has 2 aliphatic carbocycles. The molecule has 4 heteroatoms. The Kier molecular flexibility index (Phi) is 5.84. The lowest BCUT2D eigenvalue weighted by Gasteiger charge is -2.41. The SMILES string of the molecule is CCNC(CO)(CN(CCOC)C(C)C1CC1)C1CC1. The number of methoxy groups -OCH3 is 1. The summed E-state index contributed by atoms with van der Waals surface area (Å²) in [6.45, 7) is 8.33. The zero-order valence-corrected chi connectivity index (χ0v) is 13.4. The molecule has 2 atom stereocenters. The van der Waals surface area contributed by atoms with E-state index in [4.69, 9.17) is 4.74 Å². The highest BCUT2D eigenvalue weighted by Crippen LogP contribution is 2.41. The summed E-state index contributed by atoms with van der Waals surface area (Å²) in [5.41, 5.74) is -0.106. The summed E-state index contributed by atoms with van der Waals surface area (Å²) in [5.74, 6) is 1.49. The van der Waals surface area contributed by atoms with E-state index < -0.39 is 0 Å². The van der Waals surface area contributed by atoms with E-state index >= 15 is 0 Å². The van der Waals surface area contributed by atoms with Crippen LogP contribution in [0.25, 0.3) is 0 Å². The highest BCUT2D eigenvalue weighted by molar-refractivity contribution is 5.03. The van der Waals surface area contributed by atoms with Crippen LogP contribution in [0, 0.1) is 11.8 Å². The van der Waals surface area contributed by atoms with Gasteiger partial charge in [-0.1, -0.05) is 6.92 Å². The van der Waals surface area contributed by atoms with Gasteiger partial charge in [-0.3, -0.25) is 4.90 Å². The molecule has 0 bridgehead atoms. The number of aliphatic hydroxyl groups excluding tert-OH is 1. The molecule has 0 radical (unpaired) electrons. The monoisotopic (exact) mass is 284 g/mol. The van der Waals surface area contributed by atoms with E-state index in [1.165, 1.54) is 25.7 Å². The van der Waals surface area contributed by atoms with E-state index in [9.17, 15) is 5.11 Å². The molecule has 0 aromatic heterocycles. The predicted octanol–water partition coefficient (Wildman–Crippen LogP) is 1.48. The lowest BCUT2D eigenvalue weighted by Crippen LogP contribution is -2.59. The highest BCUT2D eigenvalue weighted by Gasteiger charge is 2.46. The Morgan fingerprint density at radius 3 is 2.50 bits per heavy atom. The molecule has 2 unspecified atom stereocenters. The van der Waals surface area contributed by atoms with Gasteiger partial charge in [-0.05, 0) is 51.0 Å². The van der Waals surface area contributed by atoms with Crippen LogP contribution in [0.4, 0.5) is 0 Å². The van der Waals surface area contributed by atoms with Gasteiger partial charge in [0.15, 0.2) is 0 Å². The van der Waals surface area contributed by atoms with E-state index in [0.29, 0.717) is 12.0 Å². The summed E-state index contributed by atoms with van der Waals surface area (Å²) in [6.07, 6.45) is 5.23. The first-order valence-corrected chi connectivity index (χ1v) is 8.25. The van der Waals surface area contributed by atoms with Gasteiger partial charge in [0.25, 0.3) is 0 Å². The average molecular weight is 284 g/mol. The van der Waals surface area contributed by atoms with Crippen LogP contribution in [-0.4, -0.2) is 61.5 Å². The topological polar surface area (TPSA) is 44.7 Å². The van der Waals surface area contributed by atoms with E-state index in [0.717, 1.165) is 32.2 Å². The standard InChI is InChI=1S/C16H32N2O2/c1-4-17-16(12-19,15-7-8-15)11-18(9-10-20-3)13(2)14-5-6-14/h13-15,17,19H,4-12H2,1-3H3. The van der Waals surface area contributed by atoms with Gasteiger partial charge in [-0.25, -0.2) is 0 Å². The van der Waals surface area contributed by atoms with Crippen LogP contribution in [0.3, 0.4) is 0 Å². The average Bonchev–Trinajstić information content (AvgIpc) is 3.32. The Morgan fingerprint density at radius 1 is 1.35 bits per heavy atom. The molecule has 2 N–H and O–H groups in total. The summed E-state index contributed by atoms with van der Waals surface area (Å²) in [7, 11) is 1.77. The van der Waals surface area contributed by atoms with Crippen molar-refractivity contribution in [2.24, 2.45) is 11.8 Å². The van der Waals surface area contributed by atoms with Crippen molar-refractivity contribution in [2.45, 2.75) is 51.1 Å². The van der Waals surface area contributed by atoms with Crippen LogP contribution >= 0.6 is 0 Å². The fraction of sp³-hybridized carbons (Fsp3) is 1.00. The van der Waals surface area contributed by atoms with Crippen molar-refractivity contribution in [1.82, 2.24) is 10.2 Å². The zero-order valence-electron chi connectivity index (χ0n) is 13.4. The van der Waals surface area contributed by atoms with Crippen molar-refractivity contribution in [3.05, 3.63) is 0 Å². The van der Waals surface area contributed by atoms with Crippen LogP contribution in [0.1, 0.15) is 39.5 Å². The third-order valence-electron chi connectivity index (χ3n) is 5.12. The molecular formula is C16H32N2O2. The van der Waals surface area contributed by atoms with E-state index in [1.54, 1.807) is 7.11 Å². The maximum absolute atomic E-state index is 10.0. The van der Waals surface area contributed by atoms with Crippen LogP contribution in [0.5, 0.6) is 0 Å². The molecule has 0 aliphatic heterocycles. The van der Waals surface area contributed by atoms with Gasteiger partial charge in [0.1, 0.15) is 0 Å². The van der Waals surface area contributed by atoms with E-state index in [1.807, 2.05) is 0 Å². The third-order valence-corrected chi connectivity index (χ3v) is 5.12. The van der Waals surface area contributed by atoms with Crippen LogP contribution in [0.15, 0.2) is 0 Å². The Bertz CT molecular complexity index is 292. The molecule has 2 fully saturated rings. The minimum absolute atomic E-state index is 0.106. The molecule has 4 nitrogen and oxygen atoms in total. The maximum atomic E-state index is 10.0. The van der Waals surface area contributed by atoms with Gasteiger partial charge in [0.2, 0.25) is 0 Å². The molecular weight excluding hydrogens is 252 g/mol. The number of hydrogen-bond donors (Lipinski definition) is 2. The highest BCUT2D eigenvalue weighted by atomic mass is 16.5. The Morgan fingerprint density at radius 2 is 2.05 bits per heavy atom. The van der Waals surface area contributed by atoms with Gasteiger partial charge in [-0.2, -0.15) is 0 Å². The first kappa shape index (κ1) is 16.2. The molecule has 118 valence electrons. The minimum Gasteiger partial charge on any atom is -0.394 e. The quantitative estimate of drug-likeness (QED) is 0.603. The number of rotatable bonds is 11. The van der Waals surface area contributed by atoms with Gasteiger partial charge >= 0.3 is 0 Å². The van der Waals surface area contributed by atoms with Gasteiger partial charge < -0.3 is 15.2 Å². The molecule has 0 heterocycles. The maximum Gasteiger partial charge on any atom is 0.0628 e. The van der Waals surface area contributed by atoms with Crippen LogP contribution in [-0.2, 0) is 4.74 Å². The van der Waals surface area contributed by atoms with E-state index in [2.05, 4.69) is 24.1 Å². The van der Waals surface area contributed by atoms with Crippen molar-refractivity contribution in [1.29, 1.82) is 0 Å². The van der Waals surface area contributed by atoms with Crippen molar-refractivity contribution in [2.75, 3.05) is 40.0 Å². The summed E-state index contributed by atoms with van der Waals surface area (Å²) in [5, 5.41) is 13.6. The summed E-state index contributed by atoms with van der Waals surface area (Å²) >= 11 is 0. The Balaban J connectivity index is 2.01. The molecule has 0 amide bonds. The molecule has 0 spiro atoms. The van der Waals surface area contributed by atoms with Crippen molar-refractivity contribution < 1.29 is 9.84 Å². The third kappa shape index (κ3) is 3.94. The Labute approximate surface area is 123 Å². The normalized spacial score (nSPS) is 23.9. The number of likely N-dealkylation sites (N-methyl/N-ethyl adjacent to an activating group) is 1. The van der Waals surface area contributed by atoms with Gasteiger partial charge in [-0.15, -0.1) is 0 Å². The van der Waals surface area contributed by atoms with Crippen LogP contribution in [0.2, 0.25) is 0 Å². The van der Waals surface area contributed by atoms with Gasteiger partial charge in [0.05, 0.1) is 18.8 Å². The molecule has 0 aromatic rings. The second kappa shape index (κ2) is 7.21. The van der Waals surface area contributed by atoms with E-state index in [-0.39, 0.29) is 12.1 Å². The lowest BCUT2D eigenvalue weighted by atomic mass is 9.92. The molecule has 2 aliphatic rings. The fourth-order valence-electron chi connectivity index (χ4n) is 3.43. The molecule has 0 aromatic carbocycles. The zero-order chi connectivity index (χ0) is 14.6. The molecule has 2 rings (SSSR count). The first-order chi connectivity index (χ1) is 9.66. The lowest BCUT2D eigenvalue weighted by molar-refractivity contribution is 0.0514. The van der Waals surface area contributed by atoms with Gasteiger partial charge in [0, 0.05) is 26.2 Å². The van der Waals surface area contributed by atoms with Crippen LogP contribution < -0.4 is 5.32 Å². The predicted molar refractivity (Wildman–Crippen MR) is 81.9 cm³/mol. The van der Waals surface area contributed by atoms with Crippen molar-refractivity contribution in [3.8, 4) is 0 Å². The Hall–Kier alpha value is -0.160. The second-order valence-corrected chi connectivity index (χ2v) is 6.66. The second-order valence-electron chi connectivity index (χ2n) is 6.66.